The Morgan fingerprint density at radius 2 is 1.77 bits per heavy atom. The van der Waals surface area contributed by atoms with E-state index in [1.807, 2.05) is 30.3 Å². The van der Waals surface area contributed by atoms with Crippen LogP contribution in [0.5, 0.6) is 5.75 Å². The average molecular weight is 414 g/mol. The van der Waals surface area contributed by atoms with E-state index in [1.54, 1.807) is 28.9 Å². The number of hydrogen-bond donors (Lipinski definition) is 1. The Morgan fingerprint density at radius 3 is 2.65 bits per heavy atom. The van der Waals surface area contributed by atoms with Gasteiger partial charge in [-0.1, -0.05) is 42.5 Å². The Balaban J connectivity index is 1.66. The molecule has 0 bridgehead atoms. The van der Waals surface area contributed by atoms with Crippen molar-refractivity contribution in [3.8, 4) is 5.75 Å². The Kier molecular flexibility index (Phi) is 3.89. The normalized spacial score (nSPS) is 19.0. The summed E-state index contributed by atoms with van der Waals surface area (Å²) in [5.74, 6) is 0.430. The van der Waals surface area contributed by atoms with Crippen LogP contribution >= 0.6 is 0 Å². The molecule has 0 unspecified atom stereocenters. The predicted molar refractivity (Wildman–Crippen MR) is 111 cm³/mol. The van der Waals surface area contributed by atoms with Crippen molar-refractivity contribution >= 4 is 11.6 Å². The van der Waals surface area contributed by atoms with Crippen LogP contribution in [-0.4, -0.2) is 14.8 Å². The molecular formula is C24H16F2N4O. The van der Waals surface area contributed by atoms with Gasteiger partial charge in [-0.15, -0.1) is 0 Å². The van der Waals surface area contributed by atoms with Crippen LogP contribution in [0.15, 0.2) is 84.7 Å². The highest BCUT2D eigenvalue weighted by atomic mass is 19.1. The minimum Gasteiger partial charge on any atom is -0.480 e. The second kappa shape index (κ2) is 6.77. The lowest BCUT2D eigenvalue weighted by atomic mass is 9.84. The molecule has 0 fully saturated rings. The van der Waals surface area contributed by atoms with E-state index in [1.165, 1.54) is 24.5 Å². The van der Waals surface area contributed by atoms with E-state index in [9.17, 15) is 4.39 Å². The van der Waals surface area contributed by atoms with E-state index >= 15 is 4.39 Å². The number of fused-ring (bicyclic) bond motifs is 3. The van der Waals surface area contributed by atoms with Crippen molar-refractivity contribution in [1.29, 1.82) is 0 Å². The van der Waals surface area contributed by atoms with Crippen molar-refractivity contribution < 1.29 is 13.5 Å². The molecule has 0 aliphatic carbocycles. The zero-order valence-corrected chi connectivity index (χ0v) is 16.2. The van der Waals surface area contributed by atoms with E-state index < -0.39 is 12.1 Å². The molecule has 2 aliphatic heterocycles. The van der Waals surface area contributed by atoms with E-state index in [4.69, 9.17) is 4.74 Å². The maximum Gasteiger partial charge on any atom is 0.226 e. The molecule has 0 spiro atoms. The van der Waals surface area contributed by atoms with Crippen molar-refractivity contribution in [2.75, 3.05) is 5.32 Å². The highest BCUT2D eigenvalue weighted by Gasteiger charge is 2.41. The molecule has 152 valence electrons. The molecule has 1 aromatic heterocycles. The maximum atomic E-state index is 15.0. The van der Waals surface area contributed by atoms with Gasteiger partial charge in [-0.25, -0.2) is 13.5 Å². The second-order valence-electron chi connectivity index (χ2n) is 7.46. The molecule has 2 atom stereocenters. The number of anilines is 1. The van der Waals surface area contributed by atoms with Crippen LogP contribution in [0.25, 0.3) is 5.70 Å². The number of rotatable bonds is 2. The number of nitrogens with one attached hydrogen (secondary N) is 1. The van der Waals surface area contributed by atoms with Crippen LogP contribution < -0.4 is 10.1 Å². The third-order valence-electron chi connectivity index (χ3n) is 5.67. The maximum absolute atomic E-state index is 15.0. The summed E-state index contributed by atoms with van der Waals surface area (Å²) in [6, 6.07) is 19.8. The van der Waals surface area contributed by atoms with Crippen molar-refractivity contribution in [3.63, 3.8) is 0 Å². The van der Waals surface area contributed by atoms with Gasteiger partial charge in [0.05, 0.1) is 5.70 Å². The molecule has 0 amide bonds. The Morgan fingerprint density at radius 1 is 0.935 bits per heavy atom. The Hall–Kier alpha value is -4.00. The second-order valence-corrected chi connectivity index (χ2v) is 7.46. The number of para-hydroxylation sites is 1. The number of aromatic nitrogens is 3. The van der Waals surface area contributed by atoms with E-state index in [0.717, 1.165) is 16.8 Å². The molecule has 0 radical (unpaired) electrons. The lowest BCUT2D eigenvalue weighted by Crippen LogP contribution is -2.32. The third kappa shape index (κ3) is 2.73. The quantitative estimate of drug-likeness (QED) is 0.495. The summed E-state index contributed by atoms with van der Waals surface area (Å²) in [6.45, 7) is 0. The fourth-order valence-corrected chi connectivity index (χ4v) is 4.36. The van der Waals surface area contributed by atoms with Crippen molar-refractivity contribution in [3.05, 3.63) is 113 Å². The molecule has 31 heavy (non-hydrogen) atoms. The number of ether oxygens (including phenoxy) is 1. The monoisotopic (exact) mass is 414 g/mol. The van der Waals surface area contributed by atoms with E-state index in [2.05, 4.69) is 15.4 Å². The largest absolute Gasteiger partial charge is 0.480 e. The van der Waals surface area contributed by atoms with Gasteiger partial charge in [0.2, 0.25) is 5.95 Å². The first-order valence-corrected chi connectivity index (χ1v) is 9.87. The van der Waals surface area contributed by atoms with Crippen LogP contribution in [0.3, 0.4) is 0 Å². The van der Waals surface area contributed by atoms with Gasteiger partial charge in [0.25, 0.3) is 0 Å². The van der Waals surface area contributed by atoms with Gasteiger partial charge in [0.15, 0.2) is 0 Å². The smallest absolute Gasteiger partial charge is 0.226 e. The van der Waals surface area contributed by atoms with Crippen molar-refractivity contribution in [1.82, 2.24) is 14.8 Å². The Labute approximate surface area is 176 Å². The molecule has 6 rings (SSSR count). The first-order chi connectivity index (χ1) is 15.2. The van der Waals surface area contributed by atoms with Crippen molar-refractivity contribution in [2.45, 2.75) is 12.1 Å². The van der Waals surface area contributed by atoms with Gasteiger partial charge in [0.1, 0.15) is 35.9 Å². The molecule has 0 saturated heterocycles. The van der Waals surface area contributed by atoms with Gasteiger partial charge < -0.3 is 10.1 Å². The first-order valence-electron chi connectivity index (χ1n) is 9.87. The fraction of sp³-hybridized carbons (Fsp3) is 0.0833. The van der Waals surface area contributed by atoms with E-state index in [-0.39, 0.29) is 11.6 Å². The molecule has 5 nitrogen and oxygen atoms in total. The zero-order chi connectivity index (χ0) is 20.9. The highest BCUT2D eigenvalue weighted by Crippen LogP contribution is 2.50. The zero-order valence-electron chi connectivity index (χ0n) is 16.2. The van der Waals surface area contributed by atoms with Gasteiger partial charge in [-0.3, -0.25) is 0 Å². The Bertz CT molecular complexity index is 1350. The predicted octanol–water partition coefficient (Wildman–Crippen LogP) is 5.12. The number of nitrogens with zero attached hydrogens (tertiary/aromatic N) is 3. The molecular weight excluding hydrogens is 398 g/mol. The van der Waals surface area contributed by atoms with Gasteiger partial charge in [-0.05, 0) is 35.9 Å². The highest BCUT2D eigenvalue weighted by molar-refractivity contribution is 5.85. The number of benzene rings is 3. The SMILES string of the molecule is Fc1cccc([C@H]2Oc3ccccc3C3=C2[C@@H](c2ccccc2F)n2ncnc2N3)c1. The molecule has 2 aliphatic rings. The standard InChI is InChI=1S/C24H16F2N4O/c25-15-7-5-6-14(12-15)23-20-21(17-9-2-4-11-19(17)31-23)29-24-27-13-28-30(24)22(20)16-8-1-3-10-18(16)26/h1-13,22-23H,(H,27,28,29)/t22-,23-/m1/s1. The summed E-state index contributed by atoms with van der Waals surface area (Å²) in [4.78, 5) is 4.32. The fourth-order valence-electron chi connectivity index (χ4n) is 4.36. The minimum atomic E-state index is -0.643. The van der Waals surface area contributed by atoms with Crippen LogP contribution in [-0.2, 0) is 0 Å². The molecule has 7 heteroatoms. The summed E-state index contributed by atoms with van der Waals surface area (Å²) in [7, 11) is 0. The van der Waals surface area contributed by atoms with Gasteiger partial charge in [0, 0.05) is 16.7 Å². The summed E-state index contributed by atoms with van der Waals surface area (Å²) in [5, 5.41) is 7.70. The van der Waals surface area contributed by atoms with Crippen LogP contribution in [0, 0.1) is 11.6 Å². The molecule has 4 aromatic rings. The molecule has 1 N–H and O–H groups in total. The first kappa shape index (κ1) is 17.8. The summed E-state index contributed by atoms with van der Waals surface area (Å²) >= 11 is 0. The lowest BCUT2D eigenvalue weighted by molar-refractivity contribution is 0.222. The van der Waals surface area contributed by atoms with Crippen molar-refractivity contribution in [2.24, 2.45) is 0 Å². The van der Waals surface area contributed by atoms with Crippen LogP contribution in [0.1, 0.15) is 28.8 Å². The summed E-state index contributed by atoms with van der Waals surface area (Å²) < 4.78 is 37.2. The van der Waals surface area contributed by atoms with Gasteiger partial charge in [-0.2, -0.15) is 10.1 Å². The van der Waals surface area contributed by atoms with Crippen LogP contribution in [0.2, 0.25) is 0 Å². The topological polar surface area (TPSA) is 52.0 Å². The minimum absolute atomic E-state index is 0.362. The summed E-state index contributed by atoms with van der Waals surface area (Å²) in [5.41, 5.74) is 3.42. The van der Waals surface area contributed by atoms with Gasteiger partial charge >= 0.3 is 0 Å². The lowest BCUT2D eigenvalue weighted by Gasteiger charge is -2.39. The van der Waals surface area contributed by atoms with Crippen LogP contribution in [0.4, 0.5) is 14.7 Å². The molecule has 3 aromatic carbocycles. The average Bonchev–Trinajstić information content (AvgIpc) is 3.26. The molecule has 0 saturated carbocycles. The van der Waals surface area contributed by atoms with E-state index in [0.29, 0.717) is 22.8 Å². The number of halogens is 2. The number of hydrogen-bond acceptors (Lipinski definition) is 4. The molecule has 3 heterocycles. The third-order valence-corrected chi connectivity index (χ3v) is 5.67. The summed E-state index contributed by atoms with van der Waals surface area (Å²) in [6.07, 6.45) is 0.786.